The zero-order valence-electron chi connectivity index (χ0n) is 54.5. The van der Waals surface area contributed by atoms with Crippen LogP contribution in [0.2, 0.25) is 0 Å². The number of nitriles is 3. The van der Waals surface area contributed by atoms with Gasteiger partial charge in [0.15, 0.2) is 24.2 Å². The normalized spacial score (nSPS) is 10.1. The van der Waals surface area contributed by atoms with Gasteiger partial charge in [-0.25, -0.2) is 53.9 Å². The number of esters is 3. The summed E-state index contributed by atoms with van der Waals surface area (Å²) in [4.78, 5) is 54.0. The first-order valence-electron chi connectivity index (χ1n) is 28.6. The van der Waals surface area contributed by atoms with E-state index in [4.69, 9.17) is 25.3 Å². The molecule has 0 aliphatic rings. The Kier molecular flexibility index (Phi) is 30.1. The van der Waals surface area contributed by atoms with Crippen LogP contribution in [-0.2, 0) is 28.3 Å². The maximum atomic E-state index is 14.0. The van der Waals surface area contributed by atoms with E-state index in [1.807, 2.05) is 0 Å². The topological polar surface area (TPSA) is 325 Å². The number of aromatic amines is 3. The third-order valence-corrected chi connectivity index (χ3v) is 16.9. The Morgan fingerprint density at radius 1 is 0.476 bits per heavy atom. The first kappa shape index (κ1) is 82.7. The average Bonchev–Trinajstić information content (AvgIpc) is 1.65. The molecule has 8 aromatic carbocycles. The van der Waals surface area contributed by atoms with Crippen LogP contribution in [-0.4, -0.2) is 116 Å². The van der Waals surface area contributed by atoms with E-state index in [9.17, 15) is 63.5 Å². The minimum atomic E-state index is -1.10. The maximum Gasteiger partial charge on any atom is 0.340 e. The van der Waals surface area contributed by atoms with Crippen molar-refractivity contribution in [3.63, 3.8) is 0 Å². The first-order valence-corrected chi connectivity index (χ1v) is 32.5. The Labute approximate surface area is 628 Å². The van der Waals surface area contributed by atoms with E-state index < -0.39 is 70.0 Å². The van der Waals surface area contributed by atoms with Crippen LogP contribution in [0.3, 0.4) is 0 Å². The lowest BCUT2D eigenvalue weighted by Crippen LogP contribution is -2.04. The number of ether oxygens (including phenoxy) is 5. The number of rotatable bonds is 7. The number of methoxy groups -OCH3 is 5. The third kappa shape index (κ3) is 19.9. The zero-order valence-corrected chi connectivity index (χ0v) is 62.4. The summed E-state index contributed by atoms with van der Waals surface area (Å²) in [5.74, 6) is -7.04. The molecule has 5 aromatic heterocycles. The van der Waals surface area contributed by atoms with Crippen LogP contribution < -0.4 is 9.47 Å². The summed E-state index contributed by atoms with van der Waals surface area (Å²) < 4.78 is 147. The van der Waals surface area contributed by atoms with Gasteiger partial charge in [0, 0.05) is 37.7 Å². The molecule has 0 atom stereocenters. The van der Waals surface area contributed by atoms with Crippen molar-refractivity contribution >= 4 is 165 Å². The van der Waals surface area contributed by atoms with Crippen LogP contribution in [0.15, 0.2) is 138 Å². The molecule has 0 aliphatic carbocycles. The number of carbonyl (C=O) groups excluding carboxylic acids is 5. The number of halogens is 14. The van der Waals surface area contributed by atoms with Crippen molar-refractivity contribution in [2.24, 2.45) is 14.1 Å². The number of aryl methyl sites for hydroxylation is 2. The van der Waals surface area contributed by atoms with Gasteiger partial charge in [0.2, 0.25) is 0 Å². The minimum absolute atomic E-state index is 0.0164. The average molecular weight is 1770 g/mol. The number of carbonyl (C=O) groups is 5. The standard InChI is InChI=1S/C10H8BrFN2O2.C9H5BrFN3.C9H6BrFN2O2.C9H7FN2O2.C8H6BrFO2.C8H3F2NO.C8H4FN3.C7H6BrFO/c1-14-6-4-3-5(10(15)16-2)8(12)7(6)9(11)13-14;1-14-8-3-7(11)5(4-12)2-6(8)9(10)13-14;1-15-9(14)4-2-3-5-6(7(4)11)8(10)13-12-5;1-14-9(13)5-2-3-7-6(8(5)10)4-11-12-7;1-12-8-3-7(10)5(4-11)2-6(8)9;9-7-2-1-5(3-11)8(10)6(7)4-12;9-8-5(3-10)1-2-7-6(8)4-11-12-7;1-10-7-4-5(9)2-3-6(7)8/h3-4H,1-2H3;2-3H,1H3;2-3H,1H3,(H,12,13);2-4H,1H3,(H,11,12);2-4H,1H3;1-2,4H;1-2,4H,(H,11,12);2-4H,1H3. The number of hydrogen-bond donors (Lipinski definition) is 3. The lowest BCUT2D eigenvalue weighted by atomic mass is 10.1. The number of fused-ring (bicyclic) bond motifs is 5. The molecule has 5 heterocycles. The largest absolute Gasteiger partial charge is 0.495 e. The summed E-state index contributed by atoms with van der Waals surface area (Å²) in [5, 5.41) is 54.4. The van der Waals surface area contributed by atoms with Crippen LogP contribution in [0.5, 0.6) is 11.5 Å². The molecule has 0 saturated heterocycles. The molecular weight excluding hydrogens is 1730 g/mol. The van der Waals surface area contributed by atoms with Crippen molar-refractivity contribution in [1.82, 2.24) is 50.2 Å². The number of aromatic nitrogens is 10. The molecule has 0 amide bonds. The van der Waals surface area contributed by atoms with Gasteiger partial charge in [-0.1, -0.05) is 0 Å². The predicted molar refractivity (Wildman–Crippen MR) is 379 cm³/mol. The van der Waals surface area contributed by atoms with Crippen molar-refractivity contribution in [2.75, 3.05) is 35.5 Å². The SMILES string of the molecule is COC(=O)c1ccc2[nH]ncc2c1F.COC(=O)c1ccc2c(c(Br)nn2C)c1F.COC(=O)c1ccc2n[nH]c(Br)c2c1F.COc1cc(F)c(C=O)cc1Br.COc1cc(F)ccc1Br.Cn1nc(Br)c2cc(C#N)c(F)cc21.N#Cc1ccc(F)c(C=O)c1F.N#Cc1ccc2[nH]ncc2c1F. The number of aldehydes is 2. The van der Waals surface area contributed by atoms with Crippen molar-refractivity contribution in [3.05, 3.63) is 235 Å². The van der Waals surface area contributed by atoms with Gasteiger partial charge in [-0.2, -0.15) is 41.3 Å². The first-order chi connectivity index (χ1) is 50.0. The van der Waals surface area contributed by atoms with Crippen LogP contribution in [0, 0.1) is 86.3 Å². The molecule has 0 unspecified atom stereocenters. The number of nitrogens with zero attached hydrogens (tertiary/aromatic N) is 10. The fraction of sp³-hybridized carbons (Fsp3) is 0.103. The quantitative estimate of drug-likeness (QED) is 0.0577. The van der Waals surface area contributed by atoms with Crippen LogP contribution >= 0.6 is 79.6 Å². The Morgan fingerprint density at radius 3 is 1.53 bits per heavy atom. The summed E-state index contributed by atoms with van der Waals surface area (Å²) in [5.41, 5.74) is 1.65. The second-order valence-corrected chi connectivity index (χ2v) is 24.0. The Hall–Kier alpha value is -11.3. The smallest absolute Gasteiger partial charge is 0.340 e. The van der Waals surface area contributed by atoms with E-state index in [1.54, 1.807) is 61.2 Å². The van der Waals surface area contributed by atoms with Gasteiger partial charge in [-0.15, -0.1) is 0 Å². The minimum Gasteiger partial charge on any atom is -0.495 e. The molecule has 23 nitrogen and oxygen atoms in total. The van der Waals surface area contributed by atoms with Gasteiger partial charge in [0.05, 0.1) is 151 Å². The Morgan fingerprint density at radius 2 is 0.981 bits per heavy atom. The van der Waals surface area contributed by atoms with Crippen LogP contribution in [0.25, 0.3) is 54.5 Å². The summed E-state index contributed by atoms with van der Waals surface area (Å²) in [6.45, 7) is 0. The number of benzene rings is 8. The van der Waals surface area contributed by atoms with Crippen molar-refractivity contribution in [3.8, 4) is 29.7 Å². The summed E-state index contributed by atoms with van der Waals surface area (Å²) in [7, 11) is 9.98. The molecular formula is C68H45Br5F9N13O10. The summed E-state index contributed by atoms with van der Waals surface area (Å²) in [6, 6.07) is 28.4. The van der Waals surface area contributed by atoms with Crippen molar-refractivity contribution in [2.45, 2.75) is 0 Å². The third-order valence-electron chi connectivity index (χ3n) is 13.9. The monoisotopic (exact) mass is 1770 g/mol. The molecule has 540 valence electrons. The van der Waals surface area contributed by atoms with Crippen molar-refractivity contribution < 1.29 is 87.2 Å². The van der Waals surface area contributed by atoms with E-state index in [2.05, 4.69) is 135 Å². The van der Waals surface area contributed by atoms with Crippen LogP contribution in [0.1, 0.15) is 68.5 Å². The fourth-order valence-electron chi connectivity index (χ4n) is 8.66. The van der Waals surface area contributed by atoms with E-state index in [-0.39, 0.29) is 67.2 Å². The Balaban J connectivity index is 0.000000189. The highest BCUT2D eigenvalue weighted by Gasteiger charge is 2.22. The second kappa shape index (κ2) is 38.3. The summed E-state index contributed by atoms with van der Waals surface area (Å²) in [6.07, 6.45) is 3.20. The van der Waals surface area contributed by atoms with Crippen molar-refractivity contribution in [1.29, 1.82) is 15.8 Å². The molecule has 3 N–H and O–H groups in total. The van der Waals surface area contributed by atoms with E-state index in [1.165, 1.54) is 113 Å². The molecule has 0 spiro atoms. The molecule has 0 aliphatic heterocycles. The van der Waals surface area contributed by atoms with Gasteiger partial charge in [0.1, 0.15) is 84.2 Å². The molecule has 37 heteroatoms. The highest BCUT2D eigenvalue weighted by Crippen LogP contribution is 2.32. The number of nitrogens with one attached hydrogen (secondary N) is 3. The van der Waals surface area contributed by atoms with Gasteiger partial charge in [-0.3, -0.25) is 34.2 Å². The predicted octanol–water partition coefficient (Wildman–Crippen LogP) is 16.6. The van der Waals surface area contributed by atoms with Crippen LogP contribution in [0.4, 0.5) is 39.5 Å². The maximum absolute atomic E-state index is 14.0. The van der Waals surface area contributed by atoms with Gasteiger partial charge in [0.25, 0.3) is 0 Å². The molecule has 105 heavy (non-hydrogen) atoms. The zero-order chi connectivity index (χ0) is 77.7. The Bertz CT molecular complexity index is 5560. The number of hydrogen-bond acceptors (Lipinski definition) is 18. The molecule has 0 fully saturated rings. The van der Waals surface area contributed by atoms with Gasteiger partial charge in [-0.05, 0) is 165 Å². The second-order valence-electron chi connectivity index (χ2n) is 20.0. The molecule has 13 aromatic rings. The summed E-state index contributed by atoms with van der Waals surface area (Å²) >= 11 is 15.8. The number of H-pyrrole nitrogens is 3. The highest BCUT2D eigenvalue weighted by molar-refractivity contribution is 9.11. The van der Waals surface area contributed by atoms with Gasteiger partial charge < -0.3 is 23.7 Å². The van der Waals surface area contributed by atoms with E-state index in [0.29, 0.717) is 69.0 Å². The fourth-order valence-corrected chi connectivity index (χ4v) is 11.2. The van der Waals surface area contributed by atoms with E-state index >= 15 is 0 Å². The highest BCUT2D eigenvalue weighted by atomic mass is 79.9. The lowest BCUT2D eigenvalue weighted by Gasteiger charge is -2.03. The molecule has 0 radical (unpaired) electrons. The van der Waals surface area contributed by atoms with E-state index in [0.717, 1.165) is 28.1 Å². The molecule has 0 bridgehead atoms. The molecule has 13 rings (SSSR count). The molecule has 0 saturated carbocycles. The lowest BCUT2D eigenvalue weighted by molar-refractivity contribution is 0.0586. The van der Waals surface area contributed by atoms with Gasteiger partial charge >= 0.3 is 17.9 Å².